The molecule has 2 heterocycles. The highest BCUT2D eigenvalue weighted by molar-refractivity contribution is 9.10. The minimum Gasteiger partial charge on any atom is -0.484 e. The quantitative estimate of drug-likeness (QED) is 0.788. The van der Waals surface area contributed by atoms with Gasteiger partial charge in [0.25, 0.3) is 0 Å². The lowest BCUT2D eigenvalue weighted by Gasteiger charge is -2.24. The van der Waals surface area contributed by atoms with Gasteiger partial charge >= 0.3 is 0 Å². The Hall–Kier alpha value is -1.13. The summed E-state index contributed by atoms with van der Waals surface area (Å²) in [7, 11) is 0. The van der Waals surface area contributed by atoms with Crippen molar-refractivity contribution in [3.05, 3.63) is 50.6 Å². The van der Waals surface area contributed by atoms with Crippen molar-refractivity contribution in [3.63, 3.8) is 0 Å². The number of benzene rings is 1. The van der Waals surface area contributed by atoms with Gasteiger partial charge in [0.2, 0.25) is 0 Å². The predicted molar refractivity (Wildman–Crippen MR) is 70.8 cm³/mol. The number of hydrogen-bond donors (Lipinski definition) is 0. The Morgan fingerprint density at radius 1 is 1.29 bits per heavy atom. The van der Waals surface area contributed by atoms with E-state index in [4.69, 9.17) is 4.74 Å². The summed E-state index contributed by atoms with van der Waals surface area (Å²) in [6, 6.07) is 9.39. The van der Waals surface area contributed by atoms with Crippen LogP contribution in [0.25, 0.3) is 0 Å². The molecule has 4 heteroatoms. The highest BCUT2D eigenvalue weighted by Gasteiger charge is 2.29. The Bertz CT molecular complexity index is 576. The van der Waals surface area contributed by atoms with E-state index in [-0.39, 0.29) is 11.9 Å². The van der Waals surface area contributed by atoms with Gasteiger partial charge in [0.15, 0.2) is 5.78 Å². The maximum absolute atomic E-state index is 12.0. The molecular weight excluding hydrogens is 300 g/mol. The first-order valence-electron chi connectivity index (χ1n) is 5.27. The molecule has 0 N–H and O–H groups in total. The number of rotatable bonds is 1. The molecule has 1 aromatic heterocycles. The van der Waals surface area contributed by atoms with Crippen LogP contribution >= 0.6 is 27.3 Å². The molecule has 2 nitrogen and oxygen atoms in total. The van der Waals surface area contributed by atoms with Crippen molar-refractivity contribution in [1.29, 1.82) is 0 Å². The summed E-state index contributed by atoms with van der Waals surface area (Å²) in [5, 5.41) is 1.99. The second kappa shape index (κ2) is 4.27. The van der Waals surface area contributed by atoms with Crippen LogP contribution < -0.4 is 4.74 Å². The lowest BCUT2D eigenvalue weighted by atomic mass is 10.00. The number of carbonyl (C=O) groups excluding carboxylic acids is 1. The summed E-state index contributed by atoms with van der Waals surface area (Å²) in [4.78, 5) is 13.1. The van der Waals surface area contributed by atoms with Crippen LogP contribution in [-0.2, 0) is 0 Å². The summed E-state index contributed by atoms with van der Waals surface area (Å²) >= 11 is 5.09. The number of halogens is 1. The van der Waals surface area contributed by atoms with Crippen LogP contribution in [-0.4, -0.2) is 5.78 Å². The fourth-order valence-electron chi connectivity index (χ4n) is 1.95. The Balaban J connectivity index is 1.99. The zero-order chi connectivity index (χ0) is 11.8. The van der Waals surface area contributed by atoms with Gasteiger partial charge in [-0.25, -0.2) is 0 Å². The molecule has 0 radical (unpaired) electrons. The number of carbonyl (C=O) groups is 1. The van der Waals surface area contributed by atoms with Gasteiger partial charge in [0.1, 0.15) is 11.9 Å². The molecule has 0 aliphatic carbocycles. The Labute approximate surface area is 111 Å². The molecule has 1 aliphatic heterocycles. The van der Waals surface area contributed by atoms with E-state index in [9.17, 15) is 4.79 Å². The molecular formula is C13H9BrO2S. The summed E-state index contributed by atoms with van der Waals surface area (Å²) in [5.74, 6) is 0.839. The molecule has 1 unspecified atom stereocenters. The zero-order valence-corrected chi connectivity index (χ0v) is 11.3. The summed E-state index contributed by atoms with van der Waals surface area (Å²) in [6.45, 7) is 0. The van der Waals surface area contributed by atoms with E-state index in [0.29, 0.717) is 17.7 Å². The van der Waals surface area contributed by atoms with Gasteiger partial charge in [-0.1, -0.05) is 12.1 Å². The van der Waals surface area contributed by atoms with E-state index in [2.05, 4.69) is 15.9 Å². The minimum absolute atomic E-state index is 0.150. The highest BCUT2D eigenvalue weighted by Crippen LogP contribution is 2.39. The van der Waals surface area contributed by atoms with Crippen molar-refractivity contribution in [2.45, 2.75) is 12.5 Å². The predicted octanol–water partition coefficient (Wildman–Crippen LogP) is 4.22. The lowest BCUT2D eigenvalue weighted by molar-refractivity contribution is 0.0853. The van der Waals surface area contributed by atoms with Crippen LogP contribution in [0.15, 0.2) is 40.2 Å². The summed E-state index contributed by atoms with van der Waals surface area (Å²) < 4.78 is 6.90. The van der Waals surface area contributed by atoms with Crippen LogP contribution in [0.1, 0.15) is 27.8 Å². The van der Waals surface area contributed by atoms with E-state index < -0.39 is 0 Å². The van der Waals surface area contributed by atoms with E-state index >= 15 is 0 Å². The van der Waals surface area contributed by atoms with Crippen LogP contribution in [0.5, 0.6) is 5.75 Å². The van der Waals surface area contributed by atoms with Crippen molar-refractivity contribution in [1.82, 2.24) is 0 Å². The maximum atomic E-state index is 12.0. The Kier molecular flexibility index (Phi) is 2.76. The van der Waals surface area contributed by atoms with Crippen molar-refractivity contribution in [3.8, 4) is 5.75 Å². The Morgan fingerprint density at radius 2 is 2.12 bits per heavy atom. The van der Waals surface area contributed by atoms with Crippen molar-refractivity contribution >= 4 is 33.0 Å². The second-order valence-electron chi connectivity index (χ2n) is 3.86. The van der Waals surface area contributed by atoms with Crippen LogP contribution in [0.3, 0.4) is 0 Å². The first-order chi connectivity index (χ1) is 8.25. The highest BCUT2D eigenvalue weighted by atomic mass is 79.9. The third-order valence-corrected chi connectivity index (χ3v) is 4.73. The normalized spacial score (nSPS) is 18.6. The summed E-state index contributed by atoms with van der Waals surface area (Å²) in [5.41, 5.74) is 0.691. The van der Waals surface area contributed by atoms with Gasteiger partial charge in [0, 0.05) is 4.47 Å². The molecule has 1 aromatic carbocycles. The minimum atomic E-state index is -0.160. The number of ketones is 1. The molecule has 17 heavy (non-hydrogen) atoms. The molecule has 0 fully saturated rings. The van der Waals surface area contributed by atoms with Crippen molar-refractivity contribution in [2.75, 3.05) is 0 Å². The second-order valence-corrected chi connectivity index (χ2v) is 5.66. The van der Waals surface area contributed by atoms with Crippen LogP contribution in [0, 0.1) is 0 Å². The van der Waals surface area contributed by atoms with Crippen LogP contribution in [0.2, 0.25) is 0 Å². The van der Waals surface area contributed by atoms with Gasteiger partial charge in [-0.2, -0.15) is 0 Å². The van der Waals surface area contributed by atoms with E-state index in [1.807, 2.05) is 35.7 Å². The lowest BCUT2D eigenvalue weighted by Crippen LogP contribution is -2.19. The average molecular weight is 309 g/mol. The number of para-hydroxylation sites is 1. The number of Topliss-reactive ketones (excluding diaryl/α,β-unsaturated/α-hetero) is 1. The molecule has 86 valence electrons. The molecule has 0 amide bonds. The number of fused-ring (bicyclic) bond motifs is 1. The average Bonchev–Trinajstić information content (AvgIpc) is 2.75. The van der Waals surface area contributed by atoms with Gasteiger partial charge in [-0.3, -0.25) is 4.79 Å². The van der Waals surface area contributed by atoms with Gasteiger partial charge in [-0.15, -0.1) is 11.3 Å². The third-order valence-electron chi connectivity index (χ3n) is 2.76. The van der Waals surface area contributed by atoms with E-state index in [1.54, 1.807) is 11.3 Å². The monoisotopic (exact) mass is 308 g/mol. The molecule has 3 rings (SSSR count). The van der Waals surface area contributed by atoms with E-state index in [0.717, 1.165) is 9.35 Å². The summed E-state index contributed by atoms with van der Waals surface area (Å²) in [6.07, 6.45) is 0.252. The molecule has 2 aromatic rings. The first-order valence-corrected chi connectivity index (χ1v) is 6.95. The number of hydrogen-bond acceptors (Lipinski definition) is 3. The van der Waals surface area contributed by atoms with Gasteiger partial charge in [0.05, 0.1) is 16.9 Å². The molecule has 1 aliphatic rings. The Morgan fingerprint density at radius 3 is 2.88 bits per heavy atom. The van der Waals surface area contributed by atoms with Gasteiger partial charge in [-0.05, 0) is 39.5 Å². The molecule has 0 spiro atoms. The van der Waals surface area contributed by atoms with E-state index in [1.165, 1.54) is 0 Å². The topological polar surface area (TPSA) is 26.3 Å². The molecule has 0 saturated heterocycles. The van der Waals surface area contributed by atoms with Gasteiger partial charge < -0.3 is 4.74 Å². The fourth-order valence-corrected chi connectivity index (χ4v) is 3.61. The number of thiophene rings is 1. The number of ether oxygens (including phenoxy) is 1. The molecule has 0 saturated carbocycles. The fraction of sp³-hybridized carbons (Fsp3) is 0.154. The largest absolute Gasteiger partial charge is 0.484 e. The van der Waals surface area contributed by atoms with Crippen molar-refractivity contribution in [2.24, 2.45) is 0 Å². The molecule has 1 atom stereocenters. The smallest absolute Gasteiger partial charge is 0.170 e. The maximum Gasteiger partial charge on any atom is 0.170 e. The first kappa shape index (κ1) is 11.0. The van der Waals surface area contributed by atoms with Crippen molar-refractivity contribution < 1.29 is 9.53 Å². The standard InChI is InChI=1S/C13H9BrO2S/c14-9-5-6-17-13(9)12-7-10(15)8-3-1-2-4-11(8)16-12/h1-6,12H,7H2. The SMILES string of the molecule is O=C1CC(c2sccc2Br)Oc2ccccc21. The third kappa shape index (κ3) is 1.91. The zero-order valence-electron chi connectivity index (χ0n) is 8.85. The molecule has 0 bridgehead atoms. The van der Waals surface area contributed by atoms with Crippen LogP contribution in [0.4, 0.5) is 0 Å².